The quantitative estimate of drug-likeness (QED) is 0.827. The maximum Gasteiger partial charge on any atom is 0.306 e. The number of carboxylic acid groups (broad SMARTS) is 1. The molecular formula is C14H21N3O3. The van der Waals surface area contributed by atoms with Crippen molar-refractivity contribution < 1.29 is 14.4 Å². The zero-order valence-electron chi connectivity index (χ0n) is 11.5. The molecule has 0 radical (unpaired) electrons. The van der Waals surface area contributed by atoms with Crippen LogP contribution in [0.15, 0.2) is 4.52 Å². The fourth-order valence-corrected chi connectivity index (χ4v) is 2.98. The van der Waals surface area contributed by atoms with E-state index in [4.69, 9.17) is 4.52 Å². The highest BCUT2D eigenvalue weighted by molar-refractivity contribution is 5.70. The summed E-state index contributed by atoms with van der Waals surface area (Å²) in [5, 5.41) is 16.5. The molecule has 2 saturated carbocycles. The van der Waals surface area contributed by atoms with Crippen LogP contribution in [0.3, 0.4) is 0 Å². The first-order chi connectivity index (χ1) is 9.74. The molecule has 0 aliphatic heterocycles. The van der Waals surface area contributed by atoms with E-state index >= 15 is 0 Å². The molecule has 3 rings (SSSR count). The molecule has 2 aliphatic rings. The monoisotopic (exact) mass is 279 g/mol. The number of rotatable bonds is 6. The standard InChI is InChI=1S/C14H21N3O3/c18-14(19)11-4-2-1-3-10(11)7-15-8-12-16-13(20-17-12)9-5-6-9/h9-11,15H,1-8H2,(H,18,19). The Bertz CT molecular complexity index is 470. The van der Waals surface area contributed by atoms with Gasteiger partial charge in [-0.1, -0.05) is 18.0 Å². The van der Waals surface area contributed by atoms with E-state index in [0.29, 0.717) is 24.8 Å². The summed E-state index contributed by atoms with van der Waals surface area (Å²) in [7, 11) is 0. The van der Waals surface area contributed by atoms with E-state index in [-0.39, 0.29) is 11.8 Å². The van der Waals surface area contributed by atoms with Crippen molar-refractivity contribution in [2.45, 2.75) is 51.0 Å². The van der Waals surface area contributed by atoms with Crippen molar-refractivity contribution in [1.29, 1.82) is 0 Å². The Balaban J connectivity index is 1.46. The van der Waals surface area contributed by atoms with Crippen molar-refractivity contribution in [1.82, 2.24) is 15.5 Å². The van der Waals surface area contributed by atoms with Crippen LogP contribution < -0.4 is 5.32 Å². The molecule has 0 amide bonds. The number of hydrogen-bond acceptors (Lipinski definition) is 5. The van der Waals surface area contributed by atoms with Gasteiger partial charge < -0.3 is 14.9 Å². The van der Waals surface area contributed by atoms with Crippen LogP contribution in [-0.2, 0) is 11.3 Å². The third kappa shape index (κ3) is 3.17. The molecular weight excluding hydrogens is 258 g/mol. The van der Waals surface area contributed by atoms with Crippen LogP contribution in [0.4, 0.5) is 0 Å². The van der Waals surface area contributed by atoms with E-state index in [1.807, 2.05) is 0 Å². The van der Waals surface area contributed by atoms with E-state index in [1.165, 1.54) is 0 Å². The van der Waals surface area contributed by atoms with Crippen LogP contribution in [0.25, 0.3) is 0 Å². The highest BCUT2D eigenvalue weighted by Crippen LogP contribution is 2.38. The fourth-order valence-electron chi connectivity index (χ4n) is 2.98. The molecule has 0 saturated heterocycles. The van der Waals surface area contributed by atoms with Gasteiger partial charge in [0.05, 0.1) is 12.5 Å². The molecule has 2 unspecified atom stereocenters. The fraction of sp³-hybridized carbons (Fsp3) is 0.786. The zero-order valence-corrected chi connectivity index (χ0v) is 11.5. The highest BCUT2D eigenvalue weighted by atomic mass is 16.5. The van der Waals surface area contributed by atoms with Gasteiger partial charge in [-0.15, -0.1) is 0 Å². The van der Waals surface area contributed by atoms with E-state index in [0.717, 1.165) is 44.4 Å². The molecule has 1 aromatic rings. The van der Waals surface area contributed by atoms with Crippen LogP contribution in [0.2, 0.25) is 0 Å². The van der Waals surface area contributed by atoms with Crippen molar-refractivity contribution in [2.24, 2.45) is 11.8 Å². The summed E-state index contributed by atoms with van der Waals surface area (Å²) in [6, 6.07) is 0. The Morgan fingerprint density at radius 2 is 2.10 bits per heavy atom. The molecule has 1 heterocycles. The van der Waals surface area contributed by atoms with Gasteiger partial charge in [0, 0.05) is 5.92 Å². The predicted octanol–water partition coefficient (Wildman–Crippen LogP) is 1.93. The lowest BCUT2D eigenvalue weighted by molar-refractivity contribution is -0.144. The lowest BCUT2D eigenvalue weighted by Gasteiger charge is -2.28. The first kappa shape index (κ1) is 13.5. The lowest BCUT2D eigenvalue weighted by atomic mass is 9.79. The Morgan fingerprint density at radius 3 is 2.85 bits per heavy atom. The van der Waals surface area contributed by atoms with Crippen LogP contribution in [-0.4, -0.2) is 27.8 Å². The summed E-state index contributed by atoms with van der Waals surface area (Å²) < 4.78 is 5.20. The molecule has 0 aromatic carbocycles. The minimum absolute atomic E-state index is 0.205. The SMILES string of the molecule is O=C(O)C1CCCCC1CNCc1noc(C2CC2)n1. The smallest absolute Gasteiger partial charge is 0.306 e. The summed E-state index contributed by atoms with van der Waals surface area (Å²) in [4.78, 5) is 15.6. The average molecular weight is 279 g/mol. The number of nitrogens with one attached hydrogen (secondary N) is 1. The summed E-state index contributed by atoms with van der Waals surface area (Å²) in [6.45, 7) is 1.27. The van der Waals surface area contributed by atoms with E-state index in [9.17, 15) is 9.90 Å². The first-order valence-corrected chi connectivity index (χ1v) is 7.50. The molecule has 20 heavy (non-hydrogen) atoms. The topological polar surface area (TPSA) is 88.2 Å². The number of carboxylic acids is 1. The van der Waals surface area contributed by atoms with Crippen LogP contribution in [0.1, 0.15) is 56.2 Å². The van der Waals surface area contributed by atoms with Crippen molar-refractivity contribution in [2.75, 3.05) is 6.54 Å². The van der Waals surface area contributed by atoms with Crippen molar-refractivity contribution >= 4 is 5.97 Å². The number of carbonyl (C=O) groups is 1. The Hall–Kier alpha value is -1.43. The largest absolute Gasteiger partial charge is 0.481 e. The number of nitrogens with zero attached hydrogens (tertiary/aromatic N) is 2. The Kier molecular flexibility index (Phi) is 4.00. The van der Waals surface area contributed by atoms with Gasteiger partial charge in [0.15, 0.2) is 5.82 Å². The first-order valence-electron chi connectivity index (χ1n) is 7.50. The molecule has 2 aliphatic carbocycles. The summed E-state index contributed by atoms with van der Waals surface area (Å²) in [6.07, 6.45) is 6.25. The maximum absolute atomic E-state index is 11.2. The molecule has 0 bridgehead atoms. The number of aliphatic carboxylic acids is 1. The van der Waals surface area contributed by atoms with Crippen LogP contribution in [0, 0.1) is 11.8 Å². The van der Waals surface area contributed by atoms with Crippen molar-refractivity contribution in [3.8, 4) is 0 Å². The maximum atomic E-state index is 11.2. The second-order valence-corrected chi connectivity index (χ2v) is 5.94. The van der Waals surface area contributed by atoms with E-state index < -0.39 is 5.97 Å². The number of hydrogen-bond donors (Lipinski definition) is 2. The molecule has 6 heteroatoms. The van der Waals surface area contributed by atoms with Gasteiger partial charge in [-0.25, -0.2) is 0 Å². The lowest BCUT2D eigenvalue weighted by Crippen LogP contribution is -2.34. The molecule has 2 atom stereocenters. The second-order valence-electron chi connectivity index (χ2n) is 5.94. The van der Waals surface area contributed by atoms with Gasteiger partial charge in [0.2, 0.25) is 5.89 Å². The van der Waals surface area contributed by atoms with E-state index in [1.54, 1.807) is 0 Å². The highest BCUT2D eigenvalue weighted by Gasteiger charge is 2.31. The Labute approximate surface area is 117 Å². The molecule has 6 nitrogen and oxygen atoms in total. The predicted molar refractivity (Wildman–Crippen MR) is 71.1 cm³/mol. The third-order valence-electron chi connectivity index (χ3n) is 4.33. The molecule has 1 aromatic heterocycles. The third-order valence-corrected chi connectivity index (χ3v) is 4.33. The van der Waals surface area contributed by atoms with Gasteiger partial charge in [-0.05, 0) is 38.1 Å². The molecule has 2 N–H and O–H groups in total. The zero-order chi connectivity index (χ0) is 13.9. The van der Waals surface area contributed by atoms with Gasteiger partial charge >= 0.3 is 5.97 Å². The second kappa shape index (κ2) is 5.91. The number of aromatic nitrogens is 2. The summed E-state index contributed by atoms with van der Waals surface area (Å²) in [5.74, 6) is 1.26. The Morgan fingerprint density at radius 1 is 1.30 bits per heavy atom. The van der Waals surface area contributed by atoms with Gasteiger partial charge in [0.25, 0.3) is 0 Å². The van der Waals surface area contributed by atoms with Crippen molar-refractivity contribution in [3.63, 3.8) is 0 Å². The summed E-state index contributed by atoms with van der Waals surface area (Å²) >= 11 is 0. The van der Waals surface area contributed by atoms with Gasteiger partial charge in [-0.2, -0.15) is 4.98 Å². The van der Waals surface area contributed by atoms with Crippen LogP contribution >= 0.6 is 0 Å². The van der Waals surface area contributed by atoms with Gasteiger partial charge in [0.1, 0.15) is 0 Å². The van der Waals surface area contributed by atoms with Crippen LogP contribution in [0.5, 0.6) is 0 Å². The molecule has 0 spiro atoms. The summed E-state index contributed by atoms with van der Waals surface area (Å²) in [5.41, 5.74) is 0. The van der Waals surface area contributed by atoms with Crippen molar-refractivity contribution in [3.05, 3.63) is 11.7 Å². The molecule has 2 fully saturated rings. The normalized spacial score (nSPS) is 26.6. The minimum Gasteiger partial charge on any atom is -0.481 e. The van der Waals surface area contributed by atoms with Gasteiger partial charge in [-0.3, -0.25) is 4.79 Å². The average Bonchev–Trinajstić information content (AvgIpc) is 3.19. The minimum atomic E-state index is -0.660. The molecule has 110 valence electrons. The van der Waals surface area contributed by atoms with E-state index in [2.05, 4.69) is 15.5 Å².